The van der Waals surface area contributed by atoms with Crippen LogP contribution in [0.15, 0.2) is 12.1 Å². The summed E-state index contributed by atoms with van der Waals surface area (Å²) in [7, 11) is 3.26. The van der Waals surface area contributed by atoms with Gasteiger partial charge in [0, 0.05) is 29.3 Å². The Kier molecular flexibility index (Phi) is 5.14. The highest BCUT2D eigenvalue weighted by molar-refractivity contribution is 7.99. The van der Waals surface area contributed by atoms with Gasteiger partial charge in [-0.05, 0) is 19.1 Å². The summed E-state index contributed by atoms with van der Waals surface area (Å²) in [5.41, 5.74) is 1.89. The molecule has 1 saturated heterocycles. The first-order valence-electron chi connectivity index (χ1n) is 6.46. The largest absolute Gasteiger partial charge is 0.496 e. The third kappa shape index (κ3) is 3.19. The van der Waals surface area contributed by atoms with Gasteiger partial charge in [0.05, 0.1) is 20.3 Å². The number of rotatable bonds is 5. The van der Waals surface area contributed by atoms with Crippen molar-refractivity contribution in [3.63, 3.8) is 0 Å². The smallest absolute Gasteiger partial charge is 0.238 e. The van der Waals surface area contributed by atoms with E-state index in [1.807, 2.05) is 19.1 Å². The van der Waals surface area contributed by atoms with Gasteiger partial charge < -0.3 is 14.8 Å². The predicted molar refractivity (Wildman–Crippen MR) is 80.4 cm³/mol. The molecular weight excluding hydrogens is 276 g/mol. The fourth-order valence-corrected chi connectivity index (χ4v) is 3.19. The van der Waals surface area contributed by atoms with Crippen LogP contribution in [-0.2, 0) is 11.3 Å². The monoisotopic (exact) mass is 296 g/mol. The van der Waals surface area contributed by atoms with Gasteiger partial charge in [0.2, 0.25) is 5.91 Å². The lowest BCUT2D eigenvalue weighted by molar-refractivity contribution is -0.122. The van der Waals surface area contributed by atoms with Crippen LogP contribution in [0, 0.1) is 6.92 Å². The zero-order valence-electron chi connectivity index (χ0n) is 12.0. The summed E-state index contributed by atoms with van der Waals surface area (Å²) < 4.78 is 10.7. The molecule has 2 N–H and O–H groups in total. The summed E-state index contributed by atoms with van der Waals surface area (Å²) in [5.74, 6) is 3.24. The Hall–Kier alpha value is -1.40. The lowest BCUT2D eigenvalue weighted by Gasteiger charge is -2.16. The van der Waals surface area contributed by atoms with Gasteiger partial charge in [0.15, 0.2) is 0 Å². The fraction of sp³-hybridized carbons (Fsp3) is 0.500. The summed E-state index contributed by atoms with van der Waals surface area (Å²) >= 11 is 1.73. The van der Waals surface area contributed by atoms with Crippen molar-refractivity contribution >= 4 is 17.7 Å². The maximum Gasteiger partial charge on any atom is 0.238 e. The van der Waals surface area contributed by atoms with E-state index in [0.29, 0.717) is 6.54 Å². The molecular formula is C14H20N2O3S. The third-order valence-corrected chi connectivity index (χ3v) is 4.29. The molecule has 110 valence electrons. The molecule has 0 radical (unpaired) electrons. The number of nitrogens with one attached hydrogen (secondary N) is 2. The summed E-state index contributed by atoms with van der Waals surface area (Å²) in [6.07, 6.45) is 0. The Labute approximate surface area is 123 Å². The van der Waals surface area contributed by atoms with Crippen LogP contribution < -0.4 is 20.1 Å². The van der Waals surface area contributed by atoms with Gasteiger partial charge in [-0.2, -0.15) is 0 Å². The molecule has 0 aliphatic carbocycles. The highest BCUT2D eigenvalue weighted by Gasteiger charge is 2.22. The molecule has 1 aromatic carbocycles. The zero-order valence-corrected chi connectivity index (χ0v) is 12.8. The van der Waals surface area contributed by atoms with Crippen molar-refractivity contribution in [2.24, 2.45) is 0 Å². The average Bonchev–Trinajstić information content (AvgIpc) is 2.99. The van der Waals surface area contributed by atoms with Crippen molar-refractivity contribution < 1.29 is 14.3 Å². The van der Waals surface area contributed by atoms with Gasteiger partial charge >= 0.3 is 0 Å². The molecule has 1 fully saturated rings. The van der Waals surface area contributed by atoms with Crippen LogP contribution in [-0.4, -0.2) is 37.8 Å². The molecule has 6 heteroatoms. The van der Waals surface area contributed by atoms with Crippen LogP contribution in [0.5, 0.6) is 11.5 Å². The minimum absolute atomic E-state index is 0.0329. The second kappa shape index (κ2) is 6.85. The van der Waals surface area contributed by atoms with Crippen LogP contribution in [0.2, 0.25) is 0 Å². The van der Waals surface area contributed by atoms with Crippen molar-refractivity contribution in [3.8, 4) is 11.5 Å². The topological polar surface area (TPSA) is 59.6 Å². The quantitative estimate of drug-likeness (QED) is 0.857. The molecule has 1 unspecified atom stereocenters. The van der Waals surface area contributed by atoms with Crippen LogP contribution in [0.25, 0.3) is 0 Å². The van der Waals surface area contributed by atoms with E-state index < -0.39 is 0 Å². The van der Waals surface area contributed by atoms with E-state index in [1.54, 1.807) is 26.0 Å². The van der Waals surface area contributed by atoms with Gasteiger partial charge in [-0.25, -0.2) is 0 Å². The molecule has 0 bridgehead atoms. The average molecular weight is 296 g/mol. The van der Waals surface area contributed by atoms with Crippen LogP contribution >= 0.6 is 11.8 Å². The third-order valence-electron chi connectivity index (χ3n) is 3.35. The maximum atomic E-state index is 12.0. The van der Waals surface area contributed by atoms with Gasteiger partial charge in [-0.3, -0.25) is 10.1 Å². The van der Waals surface area contributed by atoms with Crippen LogP contribution in [0.4, 0.5) is 0 Å². The Balaban J connectivity index is 2.05. The number of carbonyl (C=O) groups is 1. The number of hydrogen-bond acceptors (Lipinski definition) is 5. The Morgan fingerprint density at radius 2 is 2.25 bits per heavy atom. The van der Waals surface area contributed by atoms with E-state index in [9.17, 15) is 4.79 Å². The molecule has 1 aliphatic rings. The maximum absolute atomic E-state index is 12.0. The molecule has 1 heterocycles. The predicted octanol–water partition coefficient (Wildman–Crippen LogP) is 1.29. The highest BCUT2D eigenvalue weighted by atomic mass is 32.2. The molecule has 5 nitrogen and oxygen atoms in total. The molecule has 0 spiro atoms. The van der Waals surface area contributed by atoms with E-state index in [4.69, 9.17) is 9.47 Å². The van der Waals surface area contributed by atoms with E-state index in [0.717, 1.165) is 34.3 Å². The molecule has 1 aromatic rings. The molecule has 0 aromatic heterocycles. The second-order valence-electron chi connectivity index (χ2n) is 4.57. The van der Waals surface area contributed by atoms with E-state index in [1.165, 1.54) is 0 Å². The van der Waals surface area contributed by atoms with Crippen molar-refractivity contribution in [1.82, 2.24) is 10.6 Å². The summed E-state index contributed by atoms with van der Waals surface area (Å²) in [4.78, 5) is 12.0. The van der Waals surface area contributed by atoms with E-state index >= 15 is 0 Å². The lowest BCUT2D eigenvalue weighted by Crippen LogP contribution is -2.41. The minimum Gasteiger partial charge on any atom is -0.496 e. The Morgan fingerprint density at radius 1 is 1.45 bits per heavy atom. The first-order valence-corrected chi connectivity index (χ1v) is 7.62. The summed E-state index contributed by atoms with van der Waals surface area (Å²) in [6.45, 7) is 2.40. The van der Waals surface area contributed by atoms with Crippen molar-refractivity contribution in [2.75, 3.05) is 25.8 Å². The normalized spacial score (nSPS) is 17.9. The molecule has 1 amide bonds. The molecule has 0 saturated carbocycles. The molecule has 2 rings (SSSR count). The van der Waals surface area contributed by atoms with Crippen LogP contribution in [0.3, 0.4) is 0 Å². The molecule has 1 atom stereocenters. The first-order chi connectivity index (χ1) is 9.67. The van der Waals surface area contributed by atoms with Gasteiger partial charge in [-0.1, -0.05) is 0 Å². The number of thioether (sulfide) groups is 1. The van der Waals surface area contributed by atoms with Crippen LogP contribution in [0.1, 0.15) is 11.1 Å². The highest BCUT2D eigenvalue weighted by Crippen LogP contribution is 2.31. The van der Waals surface area contributed by atoms with Crippen molar-refractivity contribution in [2.45, 2.75) is 19.5 Å². The second-order valence-corrected chi connectivity index (χ2v) is 5.61. The number of carbonyl (C=O) groups excluding carboxylic acids is 1. The summed E-state index contributed by atoms with van der Waals surface area (Å²) in [5, 5.41) is 6.10. The van der Waals surface area contributed by atoms with E-state index in [-0.39, 0.29) is 11.9 Å². The number of hydrogen-bond donors (Lipinski definition) is 2. The number of ether oxygens (including phenoxy) is 2. The standard InChI is InChI=1S/C14H20N2O3S/c1-9-12(18-2)5-4-10(13(9)19-3)6-15-14(17)11-7-20-8-16-11/h4-5,11,16H,6-8H2,1-3H3,(H,15,17). The molecule has 20 heavy (non-hydrogen) atoms. The fourth-order valence-electron chi connectivity index (χ4n) is 2.24. The SMILES string of the molecule is COc1ccc(CNC(=O)C2CSCN2)c(OC)c1C. The number of amides is 1. The van der Waals surface area contributed by atoms with Crippen molar-refractivity contribution in [1.29, 1.82) is 0 Å². The van der Waals surface area contributed by atoms with Gasteiger partial charge in [0.25, 0.3) is 0 Å². The first kappa shape index (κ1) is 15.0. The van der Waals surface area contributed by atoms with Crippen molar-refractivity contribution in [3.05, 3.63) is 23.3 Å². The number of methoxy groups -OCH3 is 2. The molecule has 1 aliphatic heterocycles. The van der Waals surface area contributed by atoms with E-state index in [2.05, 4.69) is 10.6 Å². The Bertz CT molecular complexity index is 488. The minimum atomic E-state index is -0.0923. The van der Waals surface area contributed by atoms with Gasteiger partial charge in [-0.15, -0.1) is 11.8 Å². The van der Waals surface area contributed by atoms with Gasteiger partial charge in [0.1, 0.15) is 11.5 Å². The zero-order chi connectivity index (χ0) is 14.5. The number of benzene rings is 1. The Morgan fingerprint density at radius 3 is 2.85 bits per heavy atom. The summed E-state index contributed by atoms with van der Waals surface area (Å²) in [6, 6.07) is 3.72. The lowest BCUT2D eigenvalue weighted by atomic mass is 10.1.